The Labute approximate surface area is 206 Å². The number of rotatable bonds is 5. The van der Waals surface area contributed by atoms with Crippen LogP contribution in [0.4, 0.5) is 22.1 Å². The van der Waals surface area contributed by atoms with Gasteiger partial charge in [-0.25, -0.2) is 14.8 Å². The van der Waals surface area contributed by atoms with E-state index >= 15 is 0 Å². The van der Waals surface area contributed by atoms with Gasteiger partial charge in [0, 0.05) is 60.8 Å². The van der Waals surface area contributed by atoms with Gasteiger partial charge in [-0.3, -0.25) is 19.8 Å². The van der Waals surface area contributed by atoms with Crippen LogP contribution >= 0.6 is 0 Å². The lowest BCUT2D eigenvalue weighted by Gasteiger charge is -2.28. The molecule has 0 saturated carbocycles. The largest absolute Gasteiger partial charge is 0.378 e. The molecule has 2 amide bonds. The average Bonchev–Trinajstić information content (AvgIpc) is 3.57. The zero-order valence-corrected chi connectivity index (χ0v) is 19.3. The number of carbonyl (C=O) groups excluding carboxylic acids is 1. The normalized spacial score (nSPS) is 13.6. The minimum absolute atomic E-state index is 0.379. The Morgan fingerprint density at radius 1 is 0.972 bits per heavy atom. The number of carbonyl (C=O) groups is 1. The summed E-state index contributed by atoms with van der Waals surface area (Å²) in [6.07, 6.45) is 7.18. The lowest BCUT2D eigenvalue weighted by molar-refractivity contribution is 0.122. The summed E-state index contributed by atoms with van der Waals surface area (Å²) in [7, 11) is 0. The van der Waals surface area contributed by atoms with Crippen molar-refractivity contribution in [2.75, 3.05) is 41.8 Å². The van der Waals surface area contributed by atoms with Crippen LogP contribution in [0.15, 0.2) is 73.3 Å². The number of hydrogen-bond donors (Lipinski definition) is 3. The number of fused-ring (bicyclic) bond motifs is 1. The molecule has 1 aromatic carbocycles. The van der Waals surface area contributed by atoms with Crippen molar-refractivity contribution >= 4 is 29.1 Å². The number of amides is 2. The first-order valence-corrected chi connectivity index (χ1v) is 11.5. The molecule has 0 radical (unpaired) electrons. The topological polar surface area (TPSA) is 125 Å². The van der Waals surface area contributed by atoms with E-state index in [1.807, 2.05) is 53.1 Å². The molecule has 0 unspecified atom stereocenters. The maximum atomic E-state index is 12.5. The smallest absolute Gasteiger partial charge is 0.324 e. The molecular weight excluding hydrogens is 458 g/mol. The first kappa shape index (κ1) is 21.7. The highest BCUT2D eigenvalue weighted by Crippen LogP contribution is 2.25. The van der Waals surface area contributed by atoms with Crippen LogP contribution < -0.4 is 15.5 Å². The van der Waals surface area contributed by atoms with Gasteiger partial charge in [0.2, 0.25) is 5.78 Å². The van der Waals surface area contributed by atoms with Crippen LogP contribution in [0.3, 0.4) is 0 Å². The summed E-state index contributed by atoms with van der Waals surface area (Å²) >= 11 is 0. The van der Waals surface area contributed by atoms with E-state index < -0.39 is 0 Å². The van der Waals surface area contributed by atoms with Gasteiger partial charge in [0.15, 0.2) is 0 Å². The van der Waals surface area contributed by atoms with Gasteiger partial charge in [-0.15, -0.1) is 0 Å². The van der Waals surface area contributed by atoms with E-state index in [1.165, 1.54) is 0 Å². The number of pyridine rings is 1. The number of urea groups is 1. The van der Waals surface area contributed by atoms with Crippen molar-refractivity contribution in [1.82, 2.24) is 29.5 Å². The van der Waals surface area contributed by atoms with E-state index in [9.17, 15) is 4.79 Å². The van der Waals surface area contributed by atoms with E-state index in [2.05, 4.69) is 35.7 Å². The second kappa shape index (κ2) is 9.47. The van der Waals surface area contributed by atoms with Crippen molar-refractivity contribution in [3.63, 3.8) is 0 Å². The molecule has 36 heavy (non-hydrogen) atoms. The maximum Gasteiger partial charge on any atom is 0.324 e. The second-order valence-electron chi connectivity index (χ2n) is 8.26. The number of nitrogens with zero attached hydrogens (tertiary/aromatic N) is 6. The lowest BCUT2D eigenvalue weighted by Crippen LogP contribution is -2.37. The third-order valence-corrected chi connectivity index (χ3v) is 5.90. The molecule has 1 aliphatic heterocycles. The molecule has 3 N–H and O–H groups in total. The number of H-pyrrole nitrogens is 1. The number of benzene rings is 1. The zero-order valence-electron chi connectivity index (χ0n) is 19.3. The Morgan fingerprint density at radius 2 is 1.83 bits per heavy atom. The third kappa shape index (κ3) is 4.46. The SMILES string of the molecule is O=C(Nc1ccc(-c2cn3c(N4CCOCC4)ccnc3n2)cc1)Nc1cc(-c2cccnc2)n[nH]1. The third-order valence-electron chi connectivity index (χ3n) is 5.90. The minimum Gasteiger partial charge on any atom is -0.378 e. The zero-order chi connectivity index (χ0) is 24.3. The molecule has 1 aliphatic rings. The number of anilines is 3. The minimum atomic E-state index is -0.379. The molecule has 11 heteroatoms. The van der Waals surface area contributed by atoms with Crippen molar-refractivity contribution in [2.45, 2.75) is 0 Å². The van der Waals surface area contributed by atoms with Gasteiger partial charge in [0.1, 0.15) is 11.6 Å². The highest BCUT2D eigenvalue weighted by atomic mass is 16.5. The summed E-state index contributed by atoms with van der Waals surface area (Å²) in [5.74, 6) is 2.17. The molecule has 4 aromatic heterocycles. The lowest BCUT2D eigenvalue weighted by atomic mass is 10.1. The van der Waals surface area contributed by atoms with Crippen LogP contribution in [-0.4, -0.2) is 61.9 Å². The predicted molar refractivity (Wildman–Crippen MR) is 136 cm³/mol. The standard InChI is InChI=1S/C25H23N9O2/c35-25(30-22-14-20(31-32-22)18-2-1-8-26-15-18)28-19-5-3-17(4-6-19)21-16-34-23(7-9-27-24(34)29-21)33-10-12-36-13-11-33/h1-9,14-16H,10-13H2,(H3,28,30,31,32,35). The molecule has 180 valence electrons. The van der Waals surface area contributed by atoms with Crippen LogP contribution in [0.25, 0.3) is 28.3 Å². The molecule has 1 fully saturated rings. The van der Waals surface area contributed by atoms with Gasteiger partial charge in [0.25, 0.3) is 0 Å². The number of hydrogen-bond acceptors (Lipinski definition) is 7. The molecule has 6 rings (SSSR count). The van der Waals surface area contributed by atoms with E-state index in [0.717, 1.165) is 35.7 Å². The Balaban J connectivity index is 1.14. The summed E-state index contributed by atoms with van der Waals surface area (Å²) in [4.78, 5) is 27.9. The fourth-order valence-corrected chi connectivity index (χ4v) is 4.13. The van der Waals surface area contributed by atoms with Crippen molar-refractivity contribution in [3.05, 3.63) is 73.3 Å². The van der Waals surface area contributed by atoms with Crippen LogP contribution in [0.2, 0.25) is 0 Å². The molecular formula is C25H23N9O2. The Kier molecular flexibility index (Phi) is 5.72. The first-order chi connectivity index (χ1) is 17.7. The molecule has 5 aromatic rings. The van der Waals surface area contributed by atoms with E-state index in [0.29, 0.717) is 36.2 Å². The van der Waals surface area contributed by atoms with E-state index in [1.54, 1.807) is 24.7 Å². The molecule has 11 nitrogen and oxygen atoms in total. The van der Waals surface area contributed by atoms with Gasteiger partial charge in [-0.05, 0) is 30.3 Å². The van der Waals surface area contributed by atoms with Crippen LogP contribution in [0.1, 0.15) is 0 Å². The molecule has 1 saturated heterocycles. The van der Waals surface area contributed by atoms with Crippen LogP contribution in [0.5, 0.6) is 0 Å². The summed E-state index contributed by atoms with van der Waals surface area (Å²) in [6, 6.07) is 14.6. The number of aromatic nitrogens is 6. The molecule has 0 spiro atoms. The second-order valence-corrected chi connectivity index (χ2v) is 8.26. The quantitative estimate of drug-likeness (QED) is 0.350. The molecule has 5 heterocycles. The number of nitrogens with one attached hydrogen (secondary N) is 3. The monoisotopic (exact) mass is 481 g/mol. The summed E-state index contributed by atoms with van der Waals surface area (Å²) < 4.78 is 7.48. The molecule has 0 aliphatic carbocycles. The highest BCUT2D eigenvalue weighted by Gasteiger charge is 2.16. The molecule has 0 atom stereocenters. The summed E-state index contributed by atoms with van der Waals surface area (Å²) in [6.45, 7) is 3.08. The van der Waals surface area contributed by atoms with E-state index in [4.69, 9.17) is 9.72 Å². The van der Waals surface area contributed by atoms with Gasteiger partial charge in [-0.1, -0.05) is 12.1 Å². The average molecular weight is 482 g/mol. The van der Waals surface area contributed by atoms with Gasteiger partial charge in [0.05, 0.1) is 24.6 Å². The molecule has 0 bridgehead atoms. The number of imidazole rings is 1. The predicted octanol–water partition coefficient (Wildman–Crippen LogP) is 3.66. The summed E-state index contributed by atoms with van der Waals surface area (Å²) in [5, 5.41) is 12.6. The fraction of sp³-hybridized carbons (Fsp3) is 0.160. The van der Waals surface area contributed by atoms with Crippen molar-refractivity contribution in [2.24, 2.45) is 0 Å². The van der Waals surface area contributed by atoms with Gasteiger partial charge in [-0.2, -0.15) is 5.10 Å². The number of aromatic amines is 1. The highest BCUT2D eigenvalue weighted by molar-refractivity contribution is 5.99. The number of morpholine rings is 1. The van der Waals surface area contributed by atoms with Crippen molar-refractivity contribution in [3.8, 4) is 22.5 Å². The van der Waals surface area contributed by atoms with Crippen LogP contribution in [-0.2, 0) is 4.74 Å². The first-order valence-electron chi connectivity index (χ1n) is 11.5. The van der Waals surface area contributed by atoms with Gasteiger partial charge >= 0.3 is 6.03 Å². The van der Waals surface area contributed by atoms with E-state index in [-0.39, 0.29) is 6.03 Å². The Hall–Kier alpha value is -4.77. The Morgan fingerprint density at radius 3 is 2.64 bits per heavy atom. The fourth-order valence-electron chi connectivity index (χ4n) is 4.13. The van der Waals surface area contributed by atoms with Crippen LogP contribution in [0, 0.1) is 0 Å². The van der Waals surface area contributed by atoms with Gasteiger partial charge < -0.3 is 15.0 Å². The Bertz CT molecular complexity index is 1490. The number of ether oxygens (including phenoxy) is 1. The maximum absolute atomic E-state index is 12.5. The van der Waals surface area contributed by atoms with Crippen molar-refractivity contribution < 1.29 is 9.53 Å². The van der Waals surface area contributed by atoms with Crippen molar-refractivity contribution in [1.29, 1.82) is 0 Å². The summed E-state index contributed by atoms with van der Waals surface area (Å²) in [5.41, 5.74) is 3.94.